The molecule has 0 radical (unpaired) electrons. The van der Waals surface area contributed by atoms with Gasteiger partial charge in [-0.1, -0.05) is 17.7 Å². The molecule has 0 amide bonds. The summed E-state index contributed by atoms with van der Waals surface area (Å²) in [7, 11) is 1.93. The maximum atomic E-state index is 14.0. The molecule has 210 valence electrons. The van der Waals surface area contributed by atoms with Crippen LogP contribution in [0.2, 0.25) is 5.02 Å². The minimum atomic E-state index is -0.836. The number of nitrogens with zero attached hydrogens (tertiary/aromatic N) is 5. The van der Waals surface area contributed by atoms with Crippen molar-refractivity contribution in [1.82, 2.24) is 25.1 Å². The first-order valence-corrected chi connectivity index (χ1v) is 14.7. The molecule has 3 aliphatic rings. The van der Waals surface area contributed by atoms with Crippen LogP contribution < -0.4 is 14.4 Å². The van der Waals surface area contributed by atoms with Gasteiger partial charge >= 0.3 is 6.01 Å². The van der Waals surface area contributed by atoms with Crippen molar-refractivity contribution in [3.05, 3.63) is 35.0 Å². The molecule has 40 heavy (non-hydrogen) atoms. The van der Waals surface area contributed by atoms with E-state index in [4.69, 9.17) is 31.0 Å². The van der Waals surface area contributed by atoms with Crippen LogP contribution in [0.3, 0.4) is 0 Å². The molecule has 2 aliphatic heterocycles. The zero-order valence-electron chi connectivity index (χ0n) is 22.9. The SMILES string of the molecule is Cc1ccc2[nH]ncc2c1-c1c(Cl)cc2c(N3CCCCC3)nc(OC[C@@H]3C[C@H](F)CN3C)nc2c1OC1CC1. The Morgan fingerprint density at radius 1 is 1.10 bits per heavy atom. The van der Waals surface area contributed by atoms with Gasteiger partial charge in [0.25, 0.3) is 0 Å². The smallest absolute Gasteiger partial charge is 0.319 e. The molecule has 0 spiro atoms. The van der Waals surface area contributed by atoms with Gasteiger partial charge in [-0.2, -0.15) is 15.1 Å². The quantitative estimate of drug-likeness (QED) is 0.291. The second-order valence-corrected chi connectivity index (χ2v) is 11.9. The van der Waals surface area contributed by atoms with Gasteiger partial charge in [0.2, 0.25) is 0 Å². The second kappa shape index (κ2) is 10.3. The maximum Gasteiger partial charge on any atom is 0.319 e. The fraction of sp³-hybridized carbons (Fsp3) is 0.500. The Morgan fingerprint density at radius 2 is 1.93 bits per heavy atom. The van der Waals surface area contributed by atoms with Crippen LogP contribution in [0.5, 0.6) is 11.8 Å². The number of hydrogen-bond donors (Lipinski definition) is 1. The number of likely N-dealkylation sites (tertiary alicyclic amines) is 1. The molecule has 4 heterocycles. The molecule has 2 atom stereocenters. The topological polar surface area (TPSA) is 79.4 Å². The third-order valence-corrected chi connectivity index (χ3v) is 8.74. The highest BCUT2D eigenvalue weighted by molar-refractivity contribution is 6.35. The summed E-state index contributed by atoms with van der Waals surface area (Å²) in [5.74, 6) is 1.48. The van der Waals surface area contributed by atoms with Crippen molar-refractivity contribution >= 4 is 39.2 Å². The molecule has 2 saturated heterocycles. The highest BCUT2D eigenvalue weighted by atomic mass is 35.5. The number of hydrogen-bond acceptors (Lipinski definition) is 7. The standard InChI is InChI=1S/C30H34ClFN6O2/c1-17-6-9-24-22(14-33-36-24)25(17)26-23(31)13-21-27(28(26)40-20-7-8-20)34-30(35-29(21)38-10-4-3-5-11-38)39-16-19-12-18(32)15-37(19)2/h6,9,13-14,18-20H,3-5,7-8,10-12,15-16H2,1-2H3,(H,33,36)/t18-,19-/m0/s1. The zero-order valence-corrected chi connectivity index (χ0v) is 23.7. The largest absolute Gasteiger partial charge is 0.487 e. The number of fused-ring (bicyclic) bond motifs is 2. The molecular formula is C30H34ClFN6O2. The summed E-state index contributed by atoms with van der Waals surface area (Å²) in [5.41, 5.74) is 4.50. The molecule has 2 aromatic carbocycles. The van der Waals surface area contributed by atoms with Crippen molar-refractivity contribution in [2.24, 2.45) is 0 Å². The van der Waals surface area contributed by atoms with E-state index in [9.17, 15) is 4.39 Å². The van der Waals surface area contributed by atoms with Gasteiger partial charge in [0, 0.05) is 47.6 Å². The third-order valence-electron chi connectivity index (χ3n) is 8.45. The van der Waals surface area contributed by atoms with Crippen LogP contribution in [0.4, 0.5) is 10.2 Å². The molecule has 0 unspecified atom stereocenters. The van der Waals surface area contributed by atoms with E-state index in [0.29, 0.717) is 35.9 Å². The lowest BCUT2D eigenvalue weighted by Crippen LogP contribution is -2.32. The van der Waals surface area contributed by atoms with Crippen LogP contribution >= 0.6 is 11.6 Å². The van der Waals surface area contributed by atoms with E-state index in [1.54, 1.807) is 0 Å². The van der Waals surface area contributed by atoms with Crippen molar-refractivity contribution in [2.45, 2.75) is 63.8 Å². The van der Waals surface area contributed by atoms with Gasteiger partial charge in [-0.25, -0.2) is 4.39 Å². The van der Waals surface area contributed by atoms with E-state index in [-0.39, 0.29) is 18.2 Å². The predicted molar refractivity (Wildman–Crippen MR) is 156 cm³/mol. The molecule has 8 nitrogen and oxygen atoms in total. The normalized spacial score (nSPS) is 21.9. The van der Waals surface area contributed by atoms with E-state index < -0.39 is 6.17 Å². The Balaban J connectivity index is 1.42. The first kappa shape index (κ1) is 25.8. The van der Waals surface area contributed by atoms with Crippen LogP contribution in [0.1, 0.15) is 44.1 Å². The number of alkyl halides is 1. The average Bonchev–Trinajstić information content (AvgIpc) is 3.53. The van der Waals surface area contributed by atoms with Gasteiger partial charge in [-0.05, 0) is 70.2 Å². The third kappa shape index (κ3) is 4.73. The van der Waals surface area contributed by atoms with Crippen molar-refractivity contribution in [2.75, 3.05) is 38.2 Å². The number of aryl methyl sites for hydroxylation is 1. The first-order valence-electron chi connectivity index (χ1n) is 14.3. The van der Waals surface area contributed by atoms with Crippen LogP contribution in [0.15, 0.2) is 24.4 Å². The summed E-state index contributed by atoms with van der Waals surface area (Å²) in [6, 6.07) is 6.35. The number of anilines is 1. The number of likely N-dealkylation sites (N-methyl/N-ethyl adjacent to an activating group) is 1. The van der Waals surface area contributed by atoms with Crippen molar-refractivity contribution in [3.8, 4) is 22.9 Å². The molecule has 3 fully saturated rings. The first-order chi connectivity index (χ1) is 19.5. The van der Waals surface area contributed by atoms with E-state index in [1.165, 1.54) is 6.42 Å². The Bertz CT molecular complexity index is 1570. The number of halogens is 2. The number of H-pyrrole nitrogens is 1. The van der Waals surface area contributed by atoms with Gasteiger partial charge in [0.05, 0.1) is 22.8 Å². The summed E-state index contributed by atoms with van der Waals surface area (Å²) in [6.07, 6.45) is 6.97. The highest BCUT2D eigenvalue weighted by Crippen LogP contribution is 2.48. The van der Waals surface area contributed by atoms with E-state index >= 15 is 0 Å². The van der Waals surface area contributed by atoms with Gasteiger partial charge < -0.3 is 14.4 Å². The average molecular weight is 565 g/mol. The summed E-state index contributed by atoms with van der Waals surface area (Å²) in [5, 5.41) is 9.81. The van der Waals surface area contributed by atoms with E-state index in [1.807, 2.05) is 30.3 Å². The Kier molecular flexibility index (Phi) is 6.66. The molecule has 7 rings (SSSR count). The summed E-state index contributed by atoms with van der Waals surface area (Å²) < 4.78 is 26.9. The molecule has 10 heteroatoms. The summed E-state index contributed by atoms with van der Waals surface area (Å²) >= 11 is 7.16. The van der Waals surface area contributed by atoms with Gasteiger partial charge in [-0.3, -0.25) is 10.00 Å². The fourth-order valence-electron chi connectivity index (χ4n) is 6.12. The second-order valence-electron chi connectivity index (χ2n) is 11.5. The Hall–Kier alpha value is -3.17. The van der Waals surface area contributed by atoms with Crippen LogP contribution in [-0.4, -0.2) is 76.7 Å². The lowest BCUT2D eigenvalue weighted by molar-refractivity contribution is 0.188. The lowest BCUT2D eigenvalue weighted by Gasteiger charge is -2.29. The Morgan fingerprint density at radius 3 is 2.67 bits per heavy atom. The number of aromatic nitrogens is 4. The minimum Gasteiger partial charge on any atom is -0.487 e. The maximum absolute atomic E-state index is 14.0. The highest BCUT2D eigenvalue weighted by Gasteiger charge is 2.32. The molecule has 1 saturated carbocycles. The van der Waals surface area contributed by atoms with E-state index in [2.05, 4.69) is 28.1 Å². The monoisotopic (exact) mass is 564 g/mol. The van der Waals surface area contributed by atoms with Crippen molar-refractivity contribution in [1.29, 1.82) is 0 Å². The molecule has 0 bridgehead atoms. The van der Waals surface area contributed by atoms with Gasteiger partial charge in [-0.15, -0.1) is 0 Å². The van der Waals surface area contributed by atoms with Gasteiger partial charge in [0.1, 0.15) is 24.1 Å². The summed E-state index contributed by atoms with van der Waals surface area (Å²) in [4.78, 5) is 14.2. The Labute approximate surface area is 237 Å². The minimum absolute atomic E-state index is 0.0166. The van der Waals surface area contributed by atoms with E-state index in [0.717, 1.165) is 77.6 Å². The predicted octanol–water partition coefficient (Wildman–Crippen LogP) is 6.09. The number of aromatic amines is 1. The van der Waals surface area contributed by atoms with Crippen LogP contribution in [0, 0.1) is 6.92 Å². The lowest BCUT2D eigenvalue weighted by atomic mass is 9.94. The molecule has 1 N–H and O–H groups in total. The number of nitrogens with one attached hydrogen (secondary N) is 1. The van der Waals surface area contributed by atoms with Gasteiger partial charge in [0.15, 0.2) is 5.75 Å². The number of ether oxygens (including phenoxy) is 2. The summed E-state index contributed by atoms with van der Waals surface area (Å²) in [6.45, 7) is 4.64. The molecular weight excluding hydrogens is 531 g/mol. The fourth-order valence-corrected chi connectivity index (χ4v) is 6.41. The number of benzene rings is 2. The van der Waals surface area contributed by atoms with Crippen LogP contribution in [0.25, 0.3) is 32.9 Å². The van der Waals surface area contributed by atoms with Crippen molar-refractivity contribution < 1.29 is 13.9 Å². The molecule has 1 aliphatic carbocycles. The van der Waals surface area contributed by atoms with Crippen molar-refractivity contribution in [3.63, 3.8) is 0 Å². The molecule has 2 aromatic heterocycles. The number of rotatable bonds is 7. The van der Waals surface area contributed by atoms with Crippen LogP contribution in [-0.2, 0) is 0 Å². The molecule has 4 aromatic rings. The number of piperidine rings is 1. The zero-order chi connectivity index (χ0) is 27.4.